The van der Waals surface area contributed by atoms with Crippen LogP contribution in [0.1, 0.15) is 18.9 Å². The summed E-state index contributed by atoms with van der Waals surface area (Å²) in [5.74, 6) is 0.360. The van der Waals surface area contributed by atoms with Gasteiger partial charge in [0.1, 0.15) is 5.82 Å². The first-order chi connectivity index (χ1) is 17.3. The van der Waals surface area contributed by atoms with Crippen LogP contribution in [0.5, 0.6) is 0 Å². The second-order valence-electron chi connectivity index (χ2n) is 10.1. The molecule has 2 aliphatic rings. The number of hydrogen-bond acceptors (Lipinski definition) is 4. The van der Waals surface area contributed by atoms with E-state index in [0.717, 1.165) is 48.2 Å². The molecule has 0 saturated carbocycles. The molecule has 2 saturated heterocycles. The Kier molecular flexibility index (Phi) is 5.64. The number of benzene rings is 2. The van der Waals surface area contributed by atoms with E-state index in [1.807, 2.05) is 21.6 Å². The van der Waals surface area contributed by atoms with Gasteiger partial charge in [0.25, 0.3) is 0 Å². The number of aryl methyl sites for hydroxylation is 2. The fourth-order valence-electron chi connectivity index (χ4n) is 5.76. The molecule has 7 nitrogen and oxygen atoms in total. The second-order valence-corrected chi connectivity index (χ2v) is 12.0. The molecule has 2 aliphatic heterocycles. The SMILES string of the molecule is CCCn1ccc(S(=O)(=O)N2C[C@H]3CN(c4cc5cnn(-c6ccc(F)cc6)c5cc4C)C[C@H]3C2)c1. The Morgan fingerprint density at radius 3 is 2.44 bits per heavy atom. The molecular weight excluding hydrogens is 477 g/mol. The molecule has 0 aliphatic carbocycles. The van der Waals surface area contributed by atoms with Gasteiger partial charge < -0.3 is 9.47 Å². The van der Waals surface area contributed by atoms with Crippen molar-refractivity contribution in [2.24, 2.45) is 11.8 Å². The van der Waals surface area contributed by atoms with Gasteiger partial charge in [-0.25, -0.2) is 17.5 Å². The van der Waals surface area contributed by atoms with Crippen molar-refractivity contribution in [1.29, 1.82) is 0 Å². The van der Waals surface area contributed by atoms with E-state index >= 15 is 0 Å². The predicted octanol–water partition coefficient (Wildman–Crippen LogP) is 4.44. The number of fused-ring (bicyclic) bond motifs is 2. The number of nitrogens with zero attached hydrogens (tertiary/aromatic N) is 5. The van der Waals surface area contributed by atoms with E-state index in [2.05, 4.69) is 36.0 Å². The number of aromatic nitrogens is 3. The van der Waals surface area contributed by atoms with E-state index in [4.69, 9.17) is 0 Å². The Morgan fingerprint density at radius 2 is 1.75 bits per heavy atom. The van der Waals surface area contributed by atoms with Crippen LogP contribution < -0.4 is 4.90 Å². The van der Waals surface area contributed by atoms with Crippen molar-refractivity contribution in [2.75, 3.05) is 31.1 Å². The molecule has 0 bridgehead atoms. The predicted molar refractivity (Wildman–Crippen MR) is 138 cm³/mol. The van der Waals surface area contributed by atoms with Crippen LogP contribution in [0.3, 0.4) is 0 Å². The Labute approximate surface area is 210 Å². The summed E-state index contributed by atoms with van der Waals surface area (Å²) in [6.45, 7) is 7.81. The van der Waals surface area contributed by atoms with Crippen LogP contribution in [0.15, 0.2) is 66.0 Å². The second kappa shape index (κ2) is 8.74. The number of sulfonamides is 1. The third-order valence-corrected chi connectivity index (χ3v) is 9.41. The fraction of sp³-hybridized carbons (Fsp3) is 0.370. The maximum Gasteiger partial charge on any atom is 0.244 e. The van der Waals surface area contributed by atoms with Crippen molar-refractivity contribution < 1.29 is 12.8 Å². The molecule has 6 rings (SSSR count). The summed E-state index contributed by atoms with van der Waals surface area (Å²) in [5, 5.41) is 5.57. The zero-order valence-electron chi connectivity index (χ0n) is 20.5. The number of hydrogen-bond donors (Lipinski definition) is 0. The van der Waals surface area contributed by atoms with Gasteiger partial charge in [0, 0.05) is 56.2 Å². The van der Waals surface area contributed by atoms with Gasteiger partial charge in [0.15, 0.2) is 0 Å². The lowest BCUT2D eigenvalue weighted by atomic mass is 10.0. The first-order valence-corrected chi connectivity index (χ1v) is 13.9. The van der Waals surface area contributed by atoms with Crippen molar-refractivity contribution in [3.63, 3.8) is 0 Å². The molecule has 2 aromatic carbocycles. The molecule has 0 amide bonds. The molecule has 0 spiro atoms. The van der Waals surface area contributed by atoms with Crippen LogP contribution in [0.25, 0.3) is 16.6 Å². The Morgan fingerprint density at radius 1 is 1.03 bits per heavy atom. The highest BCUT2D eigenvalue weighted by molar-refractivity contribution is 7.89. The minimum Gasteiger partial charge on any atom is -0.371 e. The molecule has 0 unspecified atom stereocenters. The third kappa shape index (κ3) is 3.90. The summed E-state index contributed by atoms with van der Waals surface area (Å²) < 4.78 is 45.3. The number of anilines is 1. The molecule has 0 N–H and O–H groups in total. The van der Waals surface area contributed by atoms with Crippen LogP contribution in [0.4, 0.5) is 10.1 Å². The van der Waals surface area contributed by atoms with Crippen LogP contribution in [0.2, 0.25) is 0 Å². The van der Waals surface area contributed by atoms with Crippen LogP contribution >= 0.6 is 0 Å². The van der Waals surface area contributed by atoms with Gasteiger partial charge in [0.2, 0.25) is 10.0 Å². The van der Waals surface area contributed by atoms with Gasteiger partial charge in [-0.15, -0.1) is 0 Å². The van der Waals surface area contributed by atoms with E-state index in [0.29, 0.717) is 29.8 Å². The standard InChI is InChI=1S/C27H30FN5O2S/c1-3-9-30-10-8-25(18-30)36(34,35)32-16-21-14-31(15-22(21)17-32)26-12-20-13-29-33(27(20)11-19(26)2)24-6-4-23(28)5-7-24/h4-8,10-13,18,21-22H,3,9,14-17H2,1-2H3/t21-,22+. The van der Waals surface area contributed by atoms with Crippen LogP contribution in [-0.2, 0) is 16.6 Å². The summed E-state index contributed by atoms with van der Waals surface area (Å²) in [7, 11) is -3.46. The normalized spacial score (nSPS) is 20.5. The van der Waals surface area contributed by atoms with Gasteiger partial charge in [-0.3, -0.25) is 0 Å². The third-order valence-electron chi connectivity index (χ3n) is 7.59. The Bertz CT molecular complexity index is 1510. The van der Waals surface area contributed by atoms with Crippen molar-refractivity contribution in [3.05, 3.63) is 72.4 Å². The number of rotatable bonds is 6. The van der Waals surface area contributed by atoms with E-state index in [-0.39, 0.29) is 5.82 Å². The van der Waals surface area contributed by atoms with Crippen LogP contribution in [0, 0.1) is 24.6 Å². The lowest BCUT2D eigenvalue weighted by Gasteiger charge is -2.24. The molecule has 0 radical (unpaired) electrons. The highest BCUT2D eigenvalue weighted by Crippen LogP contribution is 2.38. The molecule has 2 fully saturated rings. The summed E-state index contributed by atoms with van der Waals surface area (Å²) >= 11 is 0. The molecule has 36 heavy (non-hydrogen) atoms. The van der Waals surface area contributed by atoms with Gasteiger partial charge in [-0.05, 0) is 73.2 Å². The Balaban J connectivity index is 1.19. The van der Waals surface area contributed by atoms with Crippen molar-refractivity contribution in [1.82, 2.24) is 18.7 Å². The zero-order valence-corrected chi connectivity index (χ0v) is 21.3. The highest BCUT2D eigenvalue weighted by Gasteiger charge is 2.44. The highest BCUT2D eigenvalue weighted by atomic mass is 32.2. The summed E-state index contributed by atoms with van der Waals surface area (Å²) in [6.07, 6.45) is 6.42. The molecule has 2 aromatic heterocycles. The monoisotopic (exact) mass is 507 g/mol. The van der Waals surface area contributed by atoms with Crippen molar-refractivity contribution in [2.45, 2.75) is 31.7 Å². The largest absolute Gasteiger partial charge is 0.371 e. The quantitative estimate of drug-likeness (QED) is 0.387. The van der Waals surface area contributed by atoms with Gasteiger partial charge >= 0.3 is 0 Å². The molecule has 188 valence electrons. The smallest absolute Gasteiger partial charge is 0.244 e. The molecule has 2 atom stereocenters. The lowest BCUT2D eigenvalue weighted by molar-refractivity contribution is 0.453. The summed E-state index contributed by atoms with van der Waals surface area (Å²) in [6, 6.07) is 12.4. The maximum absolute atomic E-state index is 13.4. The lowest BCUT2D eigenvalue weighted by Crippen LogP contribution is -2.33. The minimum absolute atomic E-state index is 0.269. The van der Waals surface area contributed by atoms with E-state index < -0.39 is 10.0 Å². The summed E-state index contributed by atoms with van der Waals surface area (Å²) in [4.78, 5) is 2.79. The van der Waals surface area contributed by atoms with Gasteiger partial charge in [-0.1, -0.05) is 6.92 Å². The topological polar surface area (TPSA) is 63.4 Å². The minimum atomic E-state index is -3.46. The molecule has 9 heteroatoms. The number of halogens is 1. The van der Waals surface area contributed by atoms with Gasteiger partial charge in [-0.2, -0.15) is 9.40 Å². The average molecular weight is 508 g/mol. The van der Waals surface area contributed by atoms with Crippen molar-refractivity contribution in [3.8, 4) is 5.69 Å². The maximum atomic E-state index is 13.4. The van der Waals surface area contributed by atoms with Crippen LogP contribution in [-0.4, -0.2) is 53.2 Å². The zero-order chi connectivity index (χ0) is 25.0. The first-order valence-electron chi connectivity index (χ1n) is 12.5. The molecule has 4 aromatic rings. The van der Waals surface area contributed by atoms with Crippen molar-refractivity contribution >= 4 is 26.6 Å². The van der Waals surface area contributed by atoms with Gasteiger partial charge in [0.05, 0.1) is 22.3 Å². The first kappa shape index (κ1) is 23.2. The van der Waals surface area contributed by atoms with E-state index in [1.165, 1.54) is 17.8 Å². The molecule has 4 heterocycles. The average Bonchev–Trinajstić information content (AvgIpc) is 3.62. The Hall–Kier alpha value is -3.17. The molecular formula is C27H30FN5O2S. The fourth-order valence-corrected chi connectivity index (χ4v) is 7.33. The summed E-state index contributed by atoms with van der Waals surface area (Å²) in [5.41, 5.74) is 4.12. The van der Waals surface area contributed by atoms with E-state index in [9.17, 15) is 12.8 Å². The van der Waals surface area contributed by atoms with E-state index in [1.54, 1.807) is 28.7 Å².